The molecule has 3 rings (SSSR count). The predicted molar refractivity (Wildman–Crippen MR) is 98.1 cm³/mol. The standard InChI is InChI=1S/C17H16N4S2/c1-13(2)10-19-17-21(20-11-14-5-7-18-8-6-14)15(12-23-17)16-4-3-9-22-16/h3-9,11-12H,1,10H2,2H3. The Kier molecular flexibility index (Phi) is 4.95. The summed E-state index contributed by atoms with van der Waals surface area (Å²) in [5.74, 6) is 0. The van der Waals surface area contributed by atoms with Crippen LogP contribution in [-0.2, 0) is 0 Å². The van der Waals surface area contributed by atoms with E-state index < -0.39 is 0 Å². The van der Waals surface area contributed by atoms with Gasteiger partial charge in [0.25, 0.3) is 0 Å². The minimum absolute atomic E-state index is 0.606. The number of thiophene rings is 1. The number of rotatable bonds is 5. The van der Waals surface area contributed by atoms with Crippen molar-refractivity contribution in [3.05, 3.63) is 69.9 Å². The molecule has 0 aliphatic carbocycles. The molecule has 3 heterocycles. The van der Waals surface area contributed by atoms with Crippen LogP contribution >= 0.6 is 22.7 Å². The quantitative estimate of drug-likeness (QED) is 0.511. The van der Waals surface area contributed by atoms with Crippen molar-refractivity contribution in [1.82, 2.24) is 9.66 Å². The van der Waals surface area contributed by atoms with Crippen molar-refractivity contribution in [2.45, 2.75) is 6.92 Å². The molecule has 0 atom stereocenters. The first-order chi connectivity index (χ1) is 11.2. The van der Waals surface area contributed by atoms with E-state index in [9.17, 15) is 0 Å². The summed E-state index contributed by atoms with van der Waals surface area (Å²) in [6.45, 7) is 6.49. The van der Waals surface area contributed by atoms with Crippen molar-refractivity contribution in [3.8, 4) is 10.6 Å². The number of hydrogen-bond donors (Lipinski definition) is 0. The first-order valence-electron chi connectivity index (χ1n) is 7.08. The Balaban J connectivity index is 2.04. The SMILES string of the molecule is C=C(C)CN=c1scc(-c2cccs2)n1N=Cc1ccncc1. The fourth-order valence-corrected chi connectivity index (χ4v) is 3.52. The lowest BCUT2D eigenvalue weighted by Crippen LogP contribution is -2.12. The highest BCUT2D eigenvalue weighted by Crippen LogP contribution is 2.25. The first kappa shape index (κ1) is 15.6. The molecule has 116 valence electrons. The number of nitrogens with zero attached hydrogens (tertiary/aromatic N) is 4. The zero-order valence-corrected chi connectivity index (χ0v) is 14.3. The highest BCUT2D eigenvalue weighted by molar-refractivity contribution is 7.14. The van der Waals surface area contributed by atoms with Gasteiger partial charge in [-0.1, -0.05) is 18.2 Å². The maximum atomic E-state index is 4.63. The van der Waals surface area contributed by atoms with Crippen molar-refractivity contribution in [2.75, 3.05) is 6.54 Å². The Bertz CT molecular complexity index is 871. The molecule has 4 nitrogen and oxygen atoms in total. The van der Waals surface area contributed by atoms with Crippen molar-refractivity contribution in [2.24, 2.45) is 10.1 Å². The van der Waals surface area contributed by atoms with E-state index in [-0.39, 0.29) is 0 Å². The summed E-state index contributed by atoms with van der Waals surface area (Å²) in [7, 11) is 0. The summed E-state index contributed by atoms with van der Waals surface area (Å²) in [5.41, 5.74) is 3.08. The Labute approximate surface area is 142 Å². The second-order valence-electron chi connectivity index (χ2n) is 4.99. The molecule has 0 aliphatic heterocycles. The second kappa shape index (κ2) is 7.30. The third-order valence-electron chi connectivity index (χ3n) is 2.97. The average molecular weight is 340 g/mol. The summed E-state index contributed by atoms with van der Waals surface area (Å²) in [6.07, 6.45) is 5.34. The molecule has 0 bridgehead atoms. The van der Waals surface area contributed by atoms with E-state index in [1.165, 1.54) is 4.88 Å². The van der Waals surface area contributed by atoms with Gasteiger partial charge in [-0.05, 0) is 36.1 Å². The van der Waals surface area contributed by atoms with E-state index in [4.69, 9.17) is 0 Å². The van der Waals surface area contributed by atoms with Crippen molar-refractivity contribution in [1.29, 1.82) is 0 Å². The smallest absolute Gasteiger partial charge is 0.206 e. The molecule has 0 saturated heterocycles. The molecule has 0 aromatic carbocycles. The highest BCUT2D eigenvalue weighted by Gasteiger charge is 2.08. The molecule has 0 aliphatic rings. The van der Waals surface area contributed by atoms with Gasteiger partial charge in [0.1, 0.15) is 0 Å². The van der Waals surface area contributed by atoms with Crippen LogP contribution < -0.4 is 4.80 Å². The third-order valence-corrected chi connectivity index (χ3v) is 4.72. The fourth-order valence-electron chi connectivity index (χ4n) is 1.89. The highest BCUT2D eigenvalue weighted by atomic mass is 32.1. The topological polar surface area (TPSA) is 42.5 Å². The van der Waals surface area contributed by atoms with Crippen LogP contribution in [0.15, 0.2) is 69.7 Å². The summed E-state index contributed by atoms with van der Waals surface area (Å²) in [4.78, 5) is 10.7. The van der Waals surface area contributed by atoms with E-state index in [0.717, 1.165) is 21.6 Å². The van der Waals surface area contributed by atoms with Crippen LogP contribution in [0, 0.1) is 0 Å². The van der Waals surface area contributed by atoms with Crippen LogP contribution in [0.25, 0.3) is 10.6 Å². The Hall–Kier alpha value is -2.31. The largest absolute Gasteiger partial charge is 0.265 e. The van der Waals surface area contributed by atoms with Crippen molar-refractivity contribution < 1.29 is 0 Å². The molecule has 0 radical (unpaired) electrons. The normalized spacial score (nSPS) is 12.1. The molecule has 0 unspecified atom stereocenters. The Morgan fingerprint density at radius 2 is 2.13 bits per heavy atom. The Morgan fingerprint density at radius 1 is 1.30 bits per heavy atom. The van der Waals surface area contributed by atoms with Crippen LogP contribution in [0.5, 0.6) is 0 Å². The number of thiazole rings is 1. The van der Waals surface area contributed by atoms with E-state index in [0.29, 0.717) is 6.54 Å². The maximum absolute atomic E-state index is 4.63. The number of pyridine rings is 1. The van der Waals surface area contributed by atoms with Gasteiger partial charge in [0.05, 0.1) is 23.3 Å². The summed E-state index contributed by atoms with van der Waals surface area (Å²) in [5, 5.41) is 8.78. The zero-order valence-electron chi connectivity index (χ0n) is 12.7. The van der Waals surface area contributed by atoms with Gasteiger partial charge in [-0.2, -0.15) is 5.10 Å². The number of hydrogen-bond acceptors (Lipinski definition) is 5. The Morgan fingerprint density at radius 3 is 2.83 bits per heavy atom. The molecule has 3 aromatic heterocycles. The van der Waals surface area contributed by atoms with Gasteiger partial charge < -0.3 is 0 Å². The van der Waals surface area contributed by atoms with Gasteiger partial charge in [0.15, 0.2) is 0 Å². The van der Waals surface area contributed by atoms with Crippen LogP contribution in [0.1, 0.15) is 12.5 Å². The minimum Gasteiger partial charge on any atom is -0.265 e. The summed E-state index contributed by atoms with van der Waals surface area (Å²) in [6, 6.07) is 7.98. The monoisotopic (exact) mass is 340 g/mol. The van der Waals surface area contributed by atoms with E-state index >= 15 is 0 Å². The zero-order chi connectivity index (χ0) is 16.1. The van der Waals surface area contributed by atoms with Crippen molar-refractivity contribution >= 4 is 28.9 Å². The fraction of sp³-hybridized carbons (Fsp3) is 0.118. The van der Waals surface area contributed by atoms with Gasteiger partial charge in [-0.25, -0.2) is 4.68 Å². The molecule has 6 heteroatoms. The molecule has 0 spiro atoms. The molecule has 0 fully saturated rings. The van der Waals surface area contributed by atoms with Crippen LogP contribution in [-0.4, -0.2) is 22.4 Å². The summed E-state index contributed by atoms with van der Waals surface area (Å²) >= 11 is 3.28. The van der Waals surface area contributed by atoms with Gasteiger partial charge in [0, 0.05) is 17.8 Å². The second-order valence-corrected chi connectivity index (χ2v) is 6.78. The van der Waals surface area contributed by atoms with Crippen LogP contribution in [0.2, 0.25) is 0 Å². The number of aromatic nitrogens is 2. The first-order valence-corrected chi connectivity index (χ1v) is 8.83. The van der Waals surface area contributed by atoms with E-state index in [1.807, 2.05) is 36.0 Å². The van der Waals surface area contributed by atoms with E-state index in [2.05, 4.69) is 38.5 Å². The molecule has 3 aromatic rings. The van der Waals surface area contributed by atoms with Crippen molar-refractivity contribution in [3.63, 3.8) is 0 Å². The van der Waals surface area contributed by atoms with Crippen LogP contribution in [0.3, 0.4) is 0 Å². The summed E-state index contributed by atoms with van der Waals surface area (Å²) < 4.78 is 1.89. The molecule has 0 amide bonds. The van der Waals surface area contributed by atoms with Gasteiger partial charge in [-0.3, -0.25) is 9.98 Å². The molecule has 23 heavy (non-hydrogen) atoms. The molecule has 0 saturated carbocycles. The van der Waals surface area contributed by atoms with E-state index in [1.54, 1.807) is 35.1 Å². The maximum Gasteiger partial charge on any atom is 0.206 e. The lowest BCUT2D eigenvalue weighted by molar-refractivity contribution is 0.837. The minimum atomic E-state index is 0.606. The molecule has 0 N–H and O–H groups in total. The van der Waals surface area contributed by atoms with Gasteiger partial charge in [-0.15, -0.1) is 22.7 Å². The lowest BCUT2D eigenvalue weighted by atomic mass is 10.3. The molecular weight excluding hydrogens is 324 g/mol. The average Bonchev–Trinajstić information content (AvgIpc) is 3.21. The lowest BCUT2D eigenvalue weighted by Gasteiger charge is -2.01. The predicted octanol–water partition coefficient (Wildman–Crippen LogP) is 4.03. The van der Waals surface area contributed by atoms with Gasteiger partial charge in [0.2, 0.25) is 4.80 Å². The molecular formula is C17H16N4S2. The van der Waals surface area contributed by atoms with Crippen LogP contribution in [0.4, 0.5) is 0 Å². The van der Waals surface area contributed by atoms with Gasteiger partial charge >= 0.3 is 0 Å². The third kappa shape index (κ3) is 3.91.